The van der Waals surface area contributed by atoms with Crippen molar-refractivity contribution in [3.8, 4) is 0 Å². The lowest BCUT2D eigenvalue weighted by Gasteiger charge is -2.45. The maximum Gasteiger partial charge on any atom is 0.305 e. The third kappa shape index (κ3) is 7.10. The number of aliphatic hydroxyl groups is 2. The van der Waals surface area contributed by atoms with E-state index in [0.717, 1.165) is 44.9 Å². The molecule has 0 aromatic heterocycles. The molecule has 0 aromatic carbocycles. The third-order valence-electron chi connectivity index (χ3n) is 7.14. The Labute approximate surface area is 187 Å². The predicted molar refractivity (Wildman–Crippen MR) is 122 cm³/mol. The zero-order chi connectivity index (χ0) is 22.0. The van der Waals surface area contributed by atoms with Crippen LogP contribution in [-0.4, -0.2) is 40.4 Å². The minimum atomic E-state index is -0.420. The van der Waals surface area contributed by atoms with Gasteiger partial charge in [-0.25, -0.2) is 0 Å². The van der Waals surface area contributed by atoms with E-state index >= 15 is 0 Å². The monoisotopic (exact) mass is 440 g/mol. The average molecular weight is 441 g/mol. The highest BCUT2D eigenvalue weighted by atomic mass is 35.5. The van der Waals surface area contributed by atoms with E-state index in [0.29, 0.717) is 25.9 Å². The van der Waals surface area contributed by atoms with E-state index in [9.17, 15) is 15.0 Å². The van der Waals surface area contributed by atoms with E-state index in [1.807, 2.05) is 6.92 Å². The molecule has 0 aliphatic heterocycles. The first kappa shape index (κ1) is 25.4. The van der Waals surface area contributed by atoms with Crippen LogP contribution in [0.2, 0.25) is 0 Å². The van der Waals surface area contributed by atoms with E-state index in [4.69, 9.17) is 16.3 Å². The maximum atomic E-state index is 11.5. The summed E-state index contributed by atoms with van der Waals surface area (Å²) >= 11 is 6.53. The van der Waals surface area contributed by atoms with E-state index in [2.05, 4.69) is 31.2 Å². The Morgan fingerprint density at radius 1 is 1.27 bits per heavy atom. The number of hydrogen-bond acceptors (Lipinski definition) is 4. The molecule has 0 saturated heterocycles. The number of ether oxygens (including phenoxy) is 1. The first-order valence-corrected chi connectivity index (χ1v) is 12.3. The standard InChI is InChI=1S/C25H41ClO4/c1-3-17-30-24(29)14-8-6-5-7-11-19-20(22(27)18-21(19)26)12-9-13-23(28)25(4-2)15-10-16-25/h5,7,9,12,19-23,27-28H,3-4,6,8,10-11,13-18H2,1-2H3/b7-5-,12-9+/t19-,20-,21-,22-,23+/m1/s1. The number of aliphatic hydroxyl groups excluding tert-OH is 2. The summed E-state index contributed by atoms with van der Waals surface area (Å²) in [7, 11) is 0. The van der Waals surface area contributed by atoms with Gasteiger partial charge in [-0.3, -0.25) is 4.79 Å². The van der Waals surface area contributed by atoms with Crippen LogP contribution in [0.1, 0.15) is 84.5 Å². The molecule has 172 valence electrons. The largest absolute Gasteiger partial charge is 0.466 e. The molecule has 2 saturated carbocycles. The Balaban J connectivity index is 1.76. The SMILES string of the molecule is CCCOC(=O)CCC/C=C\C[C@@H]1[C@@H](/C=C/C[C@H](O)C2(CC)CCC2)[C@H](O)C[C@H]1Cl. The van der Waals surface area contributed by atoms with Crippen LogP contribution in [0.25, 0.3) is 0 Å². The molecule has 2 aliphatic carbocycles. The molecule has 0 amide bonds. The van der Waals surface area contributed by atoms with E-state index in [1.54, 1.807) is 0 Å². The number of unbranched alkanes of at least 4 members (excludes halogenated alkanes) is 1. The van der Waals surface area contributed by atoms with Crippen LogP contribution < -0.4 is 0 Å². The first-order valence-electron chi connectivity index (χ1n) is 11.9. The molecule has 4 nitrogen and oxygen atoms in total. The van der Waals surface area contributed by atoms with Gasteiger partial charge in [0.2, 0.25) is 0 Å². The van der Waals surface area contributed by atoms with Crippen molar-refractivity contribution in [2.24, 2.45) is 17.3 Å². The lowest BCUT2D eigenvalue weighted by atomic mass is 9.63. The number of carbonyl (C=O) groups is 1. The van der Waals surface area contributed by atoms with E-state index < -0.39 is 6.10 Å². The lowest BCUT2D eigenvalue weighted by molar-refractivity contribution is -0.143. The number of rotatable bonds is 13. The van der Waals surface area contributed by atoms with Gasteiger partial charge in [0, 0.05) is 17.7 Å². The van der Waals surface area contributed by atoms with Gasteiger partial charge in [-0.15, -0.1) is 11.6 Å². The molecule has 5 heteroatoms. The van der Waals surface area contributed by atoms with Crippen LogP contribution in [-0.2, 0) is 9.53 Å². The van der Waals surface area contributed by atoms with Crippen LogP contribution in [0.5, 0.6) is 0 Å². The Hall–Kier alpha value is -0.840. The van der Waals surface area contributed by atoms with Gasteiger partial charge < -0.3 is 14.9 Å². The molecule has 0 aromatic rings. The molecular weight excluding hydrogens is 400 g/mol. The van der Waals surface area contributed by atoms with Gasteiger partial charge in [0.1, 0.15) is 0 Å². The predicted octanol–water partition coefficient (Wildman–Crippen LogP) is 5.55. The Kier molecular flexibility index (Phi) is 10.9. The van der Waals surface area contributed by atoms with Gasteiger partial charge in [-0.05, 0) is 69.1 Å². The van der Waals surface area contributed by atoms with Gasteiger partial charge in [-0.1, -0.05) is 44.6 Å². The topological polar surface area (TPSA) is 66.8 Å². The molecule has 2 aliphatic rings. The van der Waals surface area contributed by atoms with E-state index in [1.165, 1.54) is 6.42 Å². The van der Waals surface area contributed by atoms with E-state index in [-0.39, 0.29) is 34.7 Å². The van der Waals surface area contributed by atoms with Crippen molar-refractivity contribution < 1.29 is 19.7 Å². The Bertz CT molecular complexity index is 564. The number of allylic oxidation sites excluding steroid dienone is 2. The highest BCUT2D eigenvalue weighted by Gasteiger charge is 2.42. The molecule has 0 spiro atoms. The molecule has 30 heavy (non-hydrogen) atoms. The van der Waals surface area contributed by atoms with Gasteiger partial charge in [0.25, 0.3) is 0 Å². The molecule has 0 bridgehead atoms. The molecule has 0 unspecified atom stereocenters. The van der Waals surface area contributed by atoms with Crippen LogP contribution in [0.4, 0.5) is 0 Å². The Morgan fingerprint density at radius 3 is 2.67 bits per heavy atom. The van der Waals surface area contributed by atoms with Crippen LogP contribution in [0.3, 0.4) is 0 Å². The van der Waals surface area contributed by atoms with Gasteiger partial charge in [-0.2, -0.15) is 0 Å². The van der Waals surface area contributed by atoms with Gasteiger partial charge in [0.05, 0.1) is 18.8 Å². The molecule has 2 rings (SSSR count). The van der Waals surface area contributed by atoms with Crippen LogP contribution >= 0.6 is 11.6 Å². The summed E-state index contributed by atoms with van der Waals surface area (Å²) in [6, 6.07) is 0. The summed E-state index contributed by atoms with van der Waals surface area (Å²) in [5.41, 5.74) is 0.110. The number of esters is 1. The number of alkyl halides is 1. The van der Waals surface area contributed by atoms with Crippen LogP contribution in [0, 0.1) is 17.3 Å². The molecule has 0 heterocycles. The first-order chi connectivity index (χ1) is 14.4. The van der Waals surface area contributed by atoms with Crippen molar-refractivity contribution in [2.75, 3.05) is 6.61 Å². The molecule has 2 N–H and O–H groups in total. The summed E-state index contributed by atoms with van der Waals surface area (Å²) in [6.45, 7) is 4.66. The fraction of sp³-hybridized carbons (Fsp3) is 0.800. The number of carbonyl (C=O) groups excluding carboxylic acids is 1. The van der Waals surface area contributed by atoms with Crippen molar-refractivity contribution in [3.05, 3.63) is 24.3 Å². The minimum Gasteiger partial charge on any atom is -0.466 e. The highest BCUT2D eigenvalue weighted by Crippen LogP contribution is 2.48. The fourth-order valence-electron chi connectivity index (χ4n) is 4.86. The second-order valence-electron chi connectivity index (χ2n) is 9.13. The summed E-state index contributed by atoms with van der Waals surface area (Å²) in [5.74, 6) is 0.112. The second-order valence-corrected chi connectivity index (χ2v) is 9.69. The van der Waals surface area contributed by atoms with Crippen molar-refractivity contribution in [3.63, 3.8) is 0 Å². The maximum absolute atomic E-state index is 11.5. The van der Waals surface area contributed by atoms with Gasteiger partial charge in [0.15, 0.2) is 0 Å². The highest BCUT2D eigenvalue weighted by molar-refractivity contribution is 6.21. The molecular formula is C25H41ClO4. The fourth-order valence-corrected chi connectivity index (χ4v) is 5.31. The zero-order valence-electron chi connectivity index (χ0n) is 18.8. The van der Waals surface area contributed by atoms with Crippen LogP contribution in [0.15, 0.2) is 24.3 Å². The lowest BCUT2D eigenvalue weighted by Crippen LogP contribution is -2.40. The molecule has 0 radical (unpaired) electrons. The average Bonchev–Trinajstić information content (AvgIpc) is 2.95. The zero-order valence-corrected chi connectivity index (χ0v) is 19.5. The quantitative estimate of drug-likeness (QED) is 0.170. The van der Waals surface area contributed by atoms with Crippen molar-refractivity contribution in [1.82, 2.24) is 0 Å². The van der Waals surface area contributed by atoms with Crippen molar-refractivity contribution in [2.45, 2.75) is 102 Å². The summed E-state index contributed by atoms with van der Waals surface area (Å²) in [5, 5.41) is 21.0. The summed E-state index contributed by atoms with van der Waals surface area (Å²) in [6.07, 6.45) is 17.2. The number of halogens is 1. The van der Waals surface area contributed by atoms with Crippen molar-refractivity contribution >= 4 is 17.6 Å². The molecule has 2 fully saturated rings. The minimum absolute atomic E-state index is 0.0346. The summed E-state index contributed by atoms with van der Waals surface area (Å²) < 4.78 is 5.08. The normalized spacial score (nSPS) is 29.4. The second kappa shape index (κ2) is 12.9. The van der Waals surface area contributed by atoms with Crippen molar-refractivity contribution in [1.29, 1.82) is 0 Å². The smallest absolute Gasteiger partial charge is 0.305 e. The van der Waals surface area contributed by atoms with Gasteiger partial charge >= 0.3 is 5.97 Å². The third-order valence-corrected chi connectivity index (χ3v) is 7.64. The number of hydrogen-bond donors (Lipinski definition) is 2. The Morgan fingerprint density at radius 2 is 2.03 bits per heavy atom. The molecule has 5 atom stereocenters. The summed E-state index contributed by atoms with van der Waals surface area (Å²) in [4.78, 5) is 11.5.